The average Bonchev–Trinajstić information content (AvgIpc) is 2.96. The van der Waals surface area contributed by atoms with Crippen molar-refractivity contribution >= 4 is 21.4 Å². The molecule has 0 spiro atoms. The highest BCUT2D eigenvalue weighted by atomic mass is 32.1. The summed E-state index contributed by atoms with van der Waals surface area (Å²) in [6, 6.07) is 13.9. The van der Waals surface area contributed by atoms with Crippen molar-refractivity contribution in [2.75, 3.05) is 14.2 Å². The normalized spacial score (nSPS) is 10.0. The van der Waals surface area contributed by atoms with Crippen molar-refractivity contribution in [1.82, 2.24) is 0 Å². The minimum atomic E-state index is 0.724. The second kappa shape index (κ2) is 5.90. The van der Waals surface area contributed by atoms with Gasteiger partial charge in [0.05, 0.1) is 19.8 Å². The molecule has 0 amide bonds. The third-order valence-electron chi connectivity index (χ3n) is 3.22. The van der Waals surface area contributed by atoms with E-state index >= 15 is 0 Å². The molecule has 0 bridgehead atoms. The lowest BCUT2D eigenvalue weighted by molar-refractivity contribution is 0.393. The van der Waals surface area contributed by atoms with E-state index in [1.807, 2.05) is 30.3 Å². The number of benzene rings is 2. The van der Waals surface area contributed by atoms with Gasteiger partial charge in [-0.3, -0.25) is 0 Å². The van der Waals surface area contributed by atoms with E-state index in [0.29, 0.717) is 0 Å². The predicted octanol–water partition coefficient (Wildman–Crippen LogP) is 4.32. The van der Waals surface area contributed by atoms with Gasteiger partial charge in [-0.1, -0.05) is 30.0 Å². The second-order valence-electron chi connectivity index (χ2n) is 4.46. The summed E-state index contributed by atoms with van der Waals surface area (Å²) in [5, 5.41) is 3.29. The molecule has 0 atom stereocenters. The third kappa shape index (κ3) is 2.72. The Kier molecular flexibility index (Phi) is 3.81. The van der Waals surface area contributed by atoms with Crippen LogP contribution in [0.5, 0.6) is 11.5 Å². The molecule has 0 aliphatic heterocycles. The Labute approximate surface area is 127 Å². The molecule has 2 aromatic carbocycles. The molecule has 3 heteroatoms. The van der Waals surface area contributed by atoms with Gasteiger partial charge in [-0.05, 0) is 18.2 Å². The Balaban J connectivity index is 2.01. The van der Waals surface area contributed by atoms with Crippen molar-refractivity contribution in [3.63, 3.8) is 0 Å². The summed E-state index contributed by atoms with van der Waals surface area (Å²) in [7, 11) is 3.28. The van der Waals surface area contributed by atoms with Crippen LogP contribution in [0.1, 0.15) is 11.1 Å². The van der Waals surface area contributed by atoms with E-state index in [1.165, 1.54) is 10.1 Å². The first-order valence-corrected chi connectivity index (χ1v) is 7.40. The van der Waals surface area contributed by atoms with Crippen molar-refractivity contribution in [2.24, 2.45) is 0 Å². The lowest BCUT2D eigenvalue weighted by atomic mass is 10.1. The van der Waals surface area contributed by atoms with Gasteiger partial charge in [0, 0.05) is 27.1 Å². The number of thiophene rings is 1. The van der Waals surface area contributed by atoms with Gasteiger partial charge in [-0.15, -0.1) is 11.3 Å². The van der Waals surface area contributed by atoms with Crippen molar-refractivity contribution < 1.29 is 9.47 Å². The molecule has 2 nitrogen and oxygen atoms in total. The molecular weight excluding hydrogens is 280 g/mol. The Morgan fingerprint density at radius 2 is 1.71 bits per heavy atom. The summed E-state index contributed by atoms with van der Waals surface area (Å²) in [5.74, 6) is 7.91. The van der Waals surface area contributed by atoms with Gasteiger partial charge in [0.1, 0.15) is 11.5 Å². The van der Waals surface area contributed by atoms with E-state index in [2.05, 4.69) is 29.4 Å². The van der Waals surface area contributed by atoms with E-state index in [0.717, 1.165) is 22.6 Å². The molecular formula is C18H14O2S. The van der Waals surface area contributed by atoms with Gasteiger partial charge in [-0.2, -0.15) is 0 Å². The Morgan fingerprint density at radius 1 is 0.905 bits per heavy atom. The van der Waals surface area contributed by atoms with Crippen LogP contribution >= 0.6 is 11.3 Å². The van der Waals surface area contributed by atoms with Gasteiger partial charge >= 0.3 is 0 Å². The molecule has 0 N–H and O–H groups in total. The summed E-state index contributed by atoms with van der Waals surface area (Å²) in [5.41, 5.74) is 1.90. The van der Waals surface area contributed by atoms with Crippen molar-refractivity contribution in [3.05, 3.63) is 59.0 Å². The fourth-order valence-electron chi connectivity index (χ4n) is 2.11. The second-order valence-corrected chi connectivity index (χ2v) is 5.37. The summed E-state index contributed by atoms with van der Waals surface area (Å²) >= 11 is 1.71. The molecule has 1 heterocycles. The number of hydrogen-bond donors (Lipinski definition) is 0. The minimum Gasteiger partial charge on any atom is -0.497 e. The summed E-state index contributed by atoms with van der Waals surface area (Å²) in [6.07, 6.45) is 0. The standard InChI is InChI=1S/C18H14O2S/c1-19-15-10-9-13(17(11-15)20-2)7-8-14-12-21-18-6-4-3-5-16(14)18/h3-6,9-12H,1-2H3. The fraction of sp³-hybridized carbons (Fsp3) is 0.111. The Morgan fingerprint density at radius 3 is 2.52 bits per heavy atom. The lowest BCUT2D eigenvalue weighted by Gasteiger charge is -2.05. The van der Waals surface area contributed by atoms with Gasteiger partial charge in [0.25, 0.3) is 0 Å². The van der Waals surface area contributed by atoms with Gasteiger partial charge < -0.3 is 9.47 Å². The highest BCUT2D eigenvalue weighted by Gasteiger charge is 2.03. The number of methoxy groups -OCH3 is 2. The number of fused-ring (bicyclic) bond motifs is 1. The summed E-state index contributed by atoms with van der Waals surface area (Å²) in [4.78, 5) is 0. The van der Waals surface area contributed by atoms with Crippen LogP contribution in [0.2, 0.25) is 0 Å². The van der Waals surface area contributed by atoms with Crippen LogP contribution < -0.4 is 9.47 Å². The monoisotopic (exact) mass is 294 g/mol. The van der Waals surface area contributed by atoms with E-state index < -0.39 is 0 Å². The third-order valence-corrected chi connectivity index (χ3v) is 4.18. The molecule has 0 fully saturated rings. The minimum absolute atomic E-state index is 0.724. The number of rotatable bonds is 2. The molecule has 0 radical (unpaired) electrons. The Hall–Kier alpha value is -2.44. The number of ether oxygens (including phenoxy) is 2. The zero-order valence-corrected chi connectivity index (χ0v) is 12.7. The Bertz CT molecular complexity index is 837. The molecule has 0 aliphatic rings. The molecule has 0 saturated carbocycles. The van der Waals surface area contributed by atoms with Crippen LogP contribution in [0.4, 0.5) is 0 Å². The molecule has 1 aromatic heterocycles. The van der Waals surface area contributed by atoms with Crippen LogP contribution in [0.25, 0.3) is 10.1 Å². The zero-order valence-electron chi connectivity index (χ0n) is 11.8. The first-order chi connectivity index (χ1) is 10.3. The molecule has 0 aliphatic carbocycles. The van der Waals surface area contributed by atoms with Crippen LogP contribution in [0.15, 0.2) is 47.8 Å². The SMILES string of the molecule is COc1ccc(C#Cc2csc3ccccc23)c(OC)c1. The summed E-state index contributed by atoms with van der Waals surface area (Å²) in [6.45, 7) is 0. The van der Waals surface area contributed by atoms with E-state index in [-0.39, 0.29) is 0 Å². The maximum atomic E-state index is 5.37. The van der Waals surface area contributed by atoms with E-state index in [1.54, 1.807) is 25.6 Å². The van der Waals surface area contributed by atoms with Crippen LogP contribution in [-0.2, 0) is 0 Å². The lowest BCUT2D eigenvalue weighted by Crippen LogP contribution is -1.90. The first kappa shape index (κ1) is 13.5. The molecule has 0 unspecified atom stereocenters. The molecule has 3 rings (SSSR count). The van der Waals surface area contributed by atoms with Crippen molar-refractivity contribution in [2.45, 2.75) is 0 Å². The van der Waals surface area contributed by atoms with Crippen molar-refractivity contribution in [1.29, 1.82) is 0 Å². The topological polar surface area (TPSA) is 18.5 Å². The van der Waals surface area contributed by atoms with Crippen LogP contribution in [0.3, 0.4) is 0 Å². The highest BCUT2D eigenvalue weighted by molar-refractivity contribution is 7.17. The maximum absolute atomic E-state index is 5.37. The fourth-order valence-corrected chi connectivity index (χ4v) is 3.00. The number of hydrogen-bond acceptors (Lipinski definition) is 3. The van der Waals surface area contributed by atoms with Crippen LogP contribution in [-0.4, -0.2) is 14.2 Å². The zero-order chi connectivity index (χ0) is 14.7. The maximum Gasteiger partial charge on any atom is 0.138 e. The largest absolute Gasteiger partial charge is 0.497 e. The van der Waals surface area contributed by atoms with E-state index in [4.69, 9.17) is 9.47 Å². The quantitative estimate of drug-likeness (QED) is 0.655. The smallest absolute Gasteiger partial charge is 0.138 e. The molecule has 104 valence electrons. The van der Waals surface area contributed by atoms with Gasteiger partial charge in [-0.25, -0.2) is 0 Å². The average molecular weight is 294 g/mol. The first-order valence-electron chi connectivity index (χ1n) is 6.52. The van der Waals surface area contributed by atoms with E-state index in [9.17, 15) is 0 Å². The highest BCUT2D eigenvalue weighted by Crippen LogP contribution is 2.26. The molecule has 21 heavy (non-hydrogen) atoms. The van der Waals surface area contributed by atoms with Crippen molar-refractivity contribution in [3.8, 4) is 23.3 Å². The summed E-state index contributed by atoms with van der Waals surface area (Å²) < 4.78 is 11.8. The molecule has 0 saturated heterocycles. The molecule has 3 aromatic rings. The van der Waals surface area contributed by atoms with Gasteiger partial charge in [0.15, 0.2) is 0 Å². The predicted molar refractivity (Wildman–Crippen MR) is 87.4 cm³/mol. The van der Waals surface area contributed by atoms with Gasteiger partial charge in [0.2, 0.25) is 0 Å². The van der Waals surface area contributed by atoms with Crippen LogP contribution in [0, 0.1) is 11.8 Å².